The van der Waals surface area contributed by atoms with E-state index >= 15 is 0 Å². The van der Waals surface area contributed by atoms with Gasteiger partial charge in [-0.15, -0.1) is 11.3 Å². The molecule has 0 saturated carbocycles. The summed E-state index contributed by atoms with van der Waals surface area (Å²) in [6.07, 6.45) is 1.95. The molecule has 1 aliphatic heterocycles. The predicted octanol–water partition coefficient (Wildman–Crippen LogP) is 3.03. The number of carbonyl (C=O) groups is 1. The standard InChI is InChI=1S/C18H23N3O2S/c1-13-16(24-17(20-13)15-7-3-2-4-8-15)10-19-18(23)21-9-5-6-14(11-21)12-22/h2-4,7-8,14,22H,5-6,9-12H2,1H3,(H,19,23)/t14-/m0/s1. The number of rotatable bonds is 4. The molecular weight excluding hydrogens is 322 g/mol. The van der Waals surface area contributed by atoms with Crippen molar-refractivity contribution < 1.29 is 9.90 Å². The largest absolute Gasteiger partial charge is 0.396 e. The second-order valence-electron chi connectivity index (χ2n) is 6.19. The molecule has 2 amide bonds. The van der Waals surface area contributed by atoms with Gasteiger partial charge in [0.15, 0.2) is 0 Å². The number of thiazole rings is 1. The lowest BCUT2D eigenvalue weighted by Crippen LogP contribution is -2.45. The molecular formula is C18H23N3O2S. The van der Waals surface area contributed by atoms with Gasteiger partial charge in [0.25, 0.3) is 0 Å². The van der Waals surface area contributed by atoms with Gasteiger partial charge in [-0.25, -0.2) is 9.78 Å². The maximum atomic E-state index is 12.3. The molecule has 128 valence electrons. The molecule has 1 fully saturated rings. The lowest BCUT2D eigenvalue weighted by molar-refractivity contribution is 0.129. The first-order valence-corrected chi connectivity index (χ1v) is 9.14. The molecule has 5 nitrogen and oxygen atoms in total. The third-order valence-electron chi connectivity index (χ3n) is 4.38. The van der Waals surface area contributed by atoms with Gasteiger partial charge in [-0.3, -0.25) is 0 Å². The van der Waals surface area contributed by atoms with Crippen LogP contribution in [-0.4, -0.2) is 40.7 Å². The first-order valence-electron chi connectivity index (χ1n) is 8.32. The van der Waals surface area contributed by atoms with Crippen LogP contribution in [0.2, 0.25) is 0 Å². The summed E-state index contributed by atoms with van der Waals surface area (Å²) in [6, 6.07) is 10.0. The number of benzene rings is 1. The van der Waals surface area contributed by atoms with E-state index in [1.807, 2.05) is 37.3 Å². The molecule has 0 spiro atoms. The Morgan fingerprint density at radius 3 is 2.96 bits per heavy atom. The Morgan fingerprint density at radius 1 is 1.42 bits per heavy atom. The monoisotopic (exact) mass is 345 g/mol. The van der Waals surface area contributed by atoms with E-state index < -0.39 is 0 Å². The Hall–Kier alpha value is -1.92. The Labute approximate surface area is 146 Å². The number of piperidine rings is 1. The molecule has 2 heterocycles. The second-order valence-corrected chi connectivity index (χ2v) is 7.27. The van der Waals surface area contributed by atoms with Crippen LogP contribution in [-0.2, 0) is 6.54 Å². The molecule has 0 aliphatic carbocycles. The molecule has 24 heavy (non-hydrogen) atoms. The smallest absolute Gasteiger partial charge is 0.317 e. The van der Waals surface area contributed by atoms with Crippen molar-refractivity contribution in [2.75, 3.05) is 19.7 Å². The van der Waals surface area contributed by atoms with Crippen LogP contribution in [0.25, 0.3) is 10.6 Å². The van der Waals surface area contributed by atoms with Crippen LogP contribution in [0.1, 0.15) is 23.4 Å². The highest BCUT2D eigenvalue weighted by molar-refractivity contribution is 7.15. The molecule has 0 unspecified atom stereocenters. The van der Waals surface area contributed by atoms with Crippen molar-refractivity contribution in [3.8, 4) is 10.6 Å². The summed E-state index contributed by atoms with van der Waals surface area (Å²) in [5.74, 6) is 0.208. The lowest BCUT2D eigenvalue weighted by Gasteiger charge is -2.31. The first-order chi connectivity index (χ1) is 11.7. The fourth-order valence-electron chi connectivity index (χ4n) is 2.96. The highest BCUT2D eigenvalue weighted by atomic mass is 32.1. The summed E-state index contributed by atoms with van der Waals surface area (Å²) in [7, 11) is 0. The van der Waals surface area contributed by atoms with E-state index in [4.69, 9.17) is 0 Å². The molecule has 0 bridgehead atoms. The number of aryl methyl sites for hydroxylation is 1. The molecule has 1 aromatic carbocycles. The average molecular weight is 345 g/mol. The SMILES string of the molecule is Cc1nc(-c2ccccc2)sc1CNC(=O)N1CCC[C@H](CO)C1. The Bertz CT molecular complexity index is 687. The number of aromatic nitrogens is 1. The van der Waals surface area contributed by atoms with Gasteiger partial charge < -0.3 is 15.3 Å². The lowest BCUT2D eigenvalue weighted by atomic mass is 9.99. The van der Waals surface area contributed by atoms with E-state index in [2.05, 4.69) is 10.3 Å². The molecule has 1 saturated heterocycles. The quantitative estimate of drug-likeness (QED) is 0.895. The van der Waals surface area contributed by atoms with Crippen molar-refractivity contribution in [1.82, 2.24) is 15.2 Å². The van der Waals surface area contributed by atoms with Crippen molar-refractivity contribution in [2.24, 2.45) is 5.92 Å². The minimum absolute atomic E-state index is 0.0535. The van der Waals surface area contributed by atoms with Gasteiger partial charge in [0, 0.05) is 30.1 Å². The normalized spacial score (nSPS) is 17.8. The maximum absolute atomic E-state index is 12.3. The summed E-state index contributed by atoms with van der Waals surface area (Å²) in [5.41, 5.74) is 2.07. The van der Waals surface area contributed by atoms with Crippen molar-refractivity contribution in [2.45, 2.75) is 26.3 Å². The van der Waals surface area contributed by atoms with Crippen LogP contribution in [0, 0.1) is 12.8 Å². The summed E-state index contributed by atoms with van der Waals surface area (Å²) in [6.45, 7) is 4.03. The fraction of sp³-hybridized carbons (Fsp3) is 0.444. The summed E-state index contributed by atoms with van der Waals surface area (Å²) in [5, 5.41) is 13.3. The number of likely N-dealkylation sites (tertiary alicyclic amines) is 1. The number of nitrogens with zero attached hydrogens (tertiary/aromatic N) is 2. The third-order valence-corrected chi connectivity index (χ3v) is 5.58. The van der Waals surface area contributed by atoms with Gasteiger partial charge in [-0.2, -0.15) is 0 Å². The Balaban J connectivity index is 1.60. The van der Waals surface area contributed by atoms with Gasteiger partial charge in [-0.1, -0.05) is 30.3 Å². The van der Waals surface area contributed by atoms with Gasteiger partial charge >= 0.3 is 6.03 Å². The summed E-state index contributed by atoms with van der Waals surface area (Å²) in [4.78, 5) is 19.8. The van der Waals surface area contributed by atoms with Crippen LogP contribution in [0.15, 0.2) is 30.3 Å². The number of carbonyl (C=O) groups excluding carboxylic acids is 1. The topological polar surface area (TPSA) is 65.5 Å². The minimum atomic E-state index is -0.0535. The highest BCUT2D eigenvalue weighted by Gasteiger charge is 2.23. The minimum Gasteiger partial charge on any atom is -0.396 e. The predicted molar refractivity (Wildman–Crippen MR) is 95.9 cm³/mol. The van der Waals surface area contributed by atoms with E-state index in [1.54, 1.807) is 16.2 Å². The van der Waals surface area contributed by atoms with Crippen LogP contribution in [0.4, 0.5) is 4.79 Å². The van der Waals surface area contributed by atoms with Crippen LogP contribution in [0.5, 0.6) is 0 Å². The van der Waals surface area contributed by atoms with Crippen LogP contribution >= 0.6 is 11.3 Å². The third kappa shape index (κ3) is 3.94. The number of aliphatic hydroxyl groups is 1. The second kappa shape index (κ2) is 7.77. The van der Waals surface area contributed by atoms with E-state index in [0.29, 0.717) is 13.1 Å². The fourth-order valence-corrected chi connectivity index (χ4v) is 3.97. The number of urea groups is 1. The number of nitrogens with one attached hydrogen (secondary N) is 1. The zero-order valence-electron chi connectivity index (χ0n) is 13.9. The number of hydrogen-bond donors (Lipinski definition) is 2. The number of aliphatic hydroxyl groups excluding tert-OH is 1. The molecule has 3 rings (SSSR count). The zero-order chi connectivity index (χ0) is 16.9. The van der Waals surface area contributed by atoms with Crippen molar-refractivity contribution >= 4 is 17.4 Å². The molecule has 6 heteroatoms. The average Bonchev–Trinajstić information content (AvgIpc) is 3.01. The van der Waals surface area contributed by atoms with Crippen LogP contribution < -0.4 is 5.32 Å². The Morgan fingerprint density at radius 2 is 2.21 bits per heavy atom. The number of hydrogen-bond acceptors (Lipinski definition) is 4. The van der Waals surface area contributed by atoms with Gasteiger partial charge in [0.2, 0.25) is 0 Å². The Kier molecular flexibility index (Phi) is 5.48. The van der Waals surface area contributed by atoms with Gasteiger partial charge in [0.1, 0.15) is 5.01 Å². The van der Waals surface area contributed by atoms with E-state index in [9.17, 15) is 9.90 Å². The maximum Gasteiger partial charge on any atom is 0.317 e. The van der Waals surface area contributed by atoms with Gasteiger partial charge in [-0.05, 0) is 25.7 Å². The van der Waals surface area contributed by atoms with E-state index in [-0.39, 0.29) is 18.6 Å². The van der Waals surface area contributed by atoms with Crippen molar-refractivity contribution in [1.29, 1.82) is 0 Å². The highest BCUT2D eigenvalue weighted by Crippen LogP contribution is 2.27. The van der Waals surface area contributed by atoms with Crippen LogP contribution in [0.3, 0.4) is 0 Å². The molecule has 1 aromatic heterocycles. The number of amides is 2. The molecule has 2 aromatic rings. The van der Waals surface area contributed by atoms with E-state index in [0.717, 1.165) is 40.5 Å². The van der Waals surface area contributed by atoms with Gasteiger partial charge in [0.05, 0.1) is 12.2 Å². The van der Waals surface area contributed by atoms with Crippen molar-refractivity contribution in [3.05, 3.63) is 40.9 Å². The summed E-state index contributed by atoms with van der Waals surface area (Å²) < 4.78 is 0. The zero-order valence-corrected chi connectivity index (χ0v) is 14.7. The molecule has 0 radical (unpaired) electrons. The molecule has 1 aliphatic rings. The molecule has 2 N–H and O–H groups in total. The first kappa shape index (κ1) is 16.9. The van der Waals surface area contributed by atoms with E-state index in [1.165, 1.54) is 0 Å². The van der Waals surface area contributed by atoms with Crippen molar-refractivity contribution in [3.63, 3.8) is 0 Å². The summed E-state index contributed by atoms with van der Waals surface area (Å²) >= 11 is 1.62. The molecule has 1 atom stereocenters.